The molecule has 4 rings (SSSR count). The van der Waals surface area contributed by atoms with E-state index in [9.17, 15) is 0 Å². The Bertz CT molecular complexity index is 1100. The molecular formula is C21H18N4O3. The maximum absolute atomic E-state index is 8.12. The molecule has 28 heavy (non-hydrogen) atoms. The number of pyridine rings is 1. The maximum atomic E-state index is 8.12. The number of fused-ring (bicyclic) bond motifs is 1. The standard InChI is InChI=1S/C20H18N4O.CO2/c1-14-3-5-15(6-4-14)22-20-23-18-8-7-17(13-19(18)24(20)2)25-16-9-11-21-12-10-16;2-1-3/h3-13H,1-2H3,(H,22,23);. The summed E-state index contributed by atoms with van der Waals surface area (Å²) in [5.74, 6) is 2.32. The number of aromatic nitrogens is 3. The largest absolute Gasteiger partial charge is 0.457 e. The quantitative estimate of drug-likeness (QED) is 0.575. The molecule has 0 aliphatic heterocycles. The number of ether oxygens (including phenoxy) is 1. The van der Waals surface area contributed by atoms with Gasteiger partial charge >= 0.3 is 6.15 Å². The summed E-state index contributed by atoms with van der Waals surface area (Å²) in [6.45, 7) is 2.07. The van der Waals surface area contributed by atoms with Crippen molar-refractivity contribution in [2.75, 3.05) is 5.32 Å². The summed E-state index contributed by atoms with van der Waals surface area (Å²) in [5.41, 5.74) is 4.16. The van der Waals surface area contributed by atoms with Gasteiger partial charge in [-0.3, -0.25) is 4.98 Å². The SMILES string of the molecule is Cc1ccc(Nc2nc3ccc(Oc4ccncc4)cc3n2C)cc1.O=C=O. The van der Waals surface area contributed by atoms with E-state index in [0.717, 1.165) is 34.2 Å². The van der Waals surface area contributed by atoms with Gasteiger partial charge in [-0.2, -0.15) is 9.59 Å². The lowest BCUT2D eigenvalue weighted by Gasteiger charge is -2.07. The fourth-order valence-corrected chi connectivity index (χ4v) is 2.65. The molecule has 0 unspecified atom stereocenters. The number of nitrogens with zero attached hydrogens (tertiary/aromatic N) is 3. The highest BCUT2D eigenvalue weighted by molar-refractivity contribution is 5.81. The molecule has 2 aromatic heterocycles. The Morgan fingerprint density at radius 1 is 0.964 bits per heavy atom. The average molecular weight is 374 g/mol. The number of nitrogens with one attached hydrogen (secondary N) is 1. The molecule has 2 heterocycles. The Morgan fingerprint density at radius 2 is 1.64 bits per heavy atom. The summed E-state index contributed by atoms with van der Waals surface area (Å²) in [6, 6.07) is 17.8. The minimum absolute atomic E-state index is 0.250. The van der Waals surface area contributed by atoms with Crippen LogP contribution in [0, 0.1) is 6.92 Å². The van der Waals surface area contributed by atoms with Crippen LogP contribution in [0.15, 0.2) is 67.0 Å². The van der Waals surface area contributed by atoms with Gasteiger partial charge in [0.1, 0.15) is 11.5 Å². The van der Waals surface area contributed by atoms with Crippen LogP contribution < -0.4 is 10.1 Å². The third-order valence-electron chi connectivity index (χ3n) is 4.05. The van der Waals surface area contributed by atoms with Crippen LogP contribution in [-0.2, 0) is 16.6 Å². The molecule has 7 heteroatoms. The van der Waals surface area contributed by atoms with Gasteiger partial charge in [-0.1, -0.05) is 17.7 Å². The van der Waals surface area contributed by atoms with Crippen LogP contribution in [0.4, 0.5) is 11.6 Å². The molecular weight excluding hydrogens is 356 g/mol. The lowest BCUT2D eigenvalue weighted by atomic mass is 10.2. The van der Waals surface area contributed by atoms with Gasteiger partial charge in [0, 0.05) is 31.2 Å². The van der Waals surface area contributed by atoms with Crippen molar-refractivity contribution >= 4 is 28.8 Å². The molecule has 0 fully saturated rings. The van der Waals surface area contributed by atoms with Crippen LogP contribution >= 0.6 is 0 Å². The van der Waals surface area contributed by atoms with Gasteiger partial charge in [-0.15, -0.1) is 0 Å². The molecule has 7 nitrogen and oxygen atoms in total. The molecule has 0 aliphatic rings. The zero-order valence-electron chi connectivity index (χ0n) is 15.4. The minimum Gasteiger partial charge on any atom is -0.457 e. The molecule has 0 atom stereocenters. The molecule has 4 aromatic rings. The number of hydrogen-bond acceptors (Lipinski definition) is 6. The third-order valence-corrected chi connectivity index (χ3v) is 4.05. The second-order valence-corrected chi connectivity index (χ2v) is 6.00. The predicted molar refractivity (Wildman–Crippen MR) is 104 cm³/mol. The molecule has 0 amide bonds. The van der Waals surface area contributed by atoms with Crippen LogP contribution in [0.1, 0.15) is 5.56 Å². The normalized spacial score (nSPS) is 9.93. The fourth-order valence-electron chi connectivity index (χ4n) is 2.65. The van der Waals surface area contributed by atoms with Crippen molar-refractivity contribution in [3.05, 3.63) is 72.6 Å². The van der Waals surface area contributed by atoms with Crippen LogP contribution in [0.25, 0.3) is 11.0 Å². The Morgan fingerprint density at radius 3 is 2.32 bits per heavy atom. The number of hydrogen-bond donors (Lipinski definition) is 1. The number of aryl methyl sites for hydroxylation is 2. The summed E-state index contributed by atoms with van der Waals surface area (Å²) in [6.07, 6.45) is 3.67. The molecule has 2 aromatic carbocycles. The van der Waals surface area contributed by atoms with Crippen molar-refractivity contribution in [1.29, 1.82) is 0 Å². The monoisotopic (exact) mass is 374 g/mol. The minimum atomic E-state index is 0.250. The molecule has 0 saturated heterocycles. The van der Waals surface area contributed by atoms with Crippen LogP contribution in [0.5, 0.6) is 11.5 Å². The first-order valence-electron chi connectivity index (χ1n) is 8.48. The molecule has 1 N–H and O–H groups in total. The lowest BCUT2D eigenvalue weighted by molar-refractivity contribution is -0.191. The molecule has 0 spiro atoms. The Balaban J connectivity index is 0.000000706. The first-order valence-corrected chi connectivity index (χ1v) is 8.48. The van der Waals surface area contributed by atoms with Crippen molar-refractivity contribution < 1.29 is 14.3 Å². The van der Waals surface area contributed by atoms with E-state index in [0.29, 0.717) is 0 Å². The number of benzene rings is 2. The van der Waals surface area contributed by atoms with Gasteiger partial charge in [0.2, 0.25) is 5.95 Å². The molecule has 0 saturated carbocycles. The summed E-state index contributed by atoms with van der Waals surface area (Å²) >= 11 is 0. The van der Waals surface area contributed by atoms with Crippen LogP contribution in [0.3, 0.4) is 0 Å². The highest BCUT2D eigenvalue weighted by Gasteiger charge is 2.09. The van der Waals surface area contributed by atoms with E-state index in [2.05, 4.69) is 34.3 Å². The zero-order valence-corrected chi connectivity index (χ0v) is 15.4. The van der Waals surface area contributed by atoms with E-state index in [1.807, 2.05) is 54.1 Å². The van der Waals surface area contributed by atoms with Crippen molar-refractivity contribution in [3.8, 4) is 11.5 Å². The first-order chi connectivity index (χ1) is 13.6. The van der Waals surface area contributed by atoms with E-state index in [1.165, 1.54) is 5.56 Å². The highest BCUT2D eigenvalue weighted by Crippen LogP contribution is 2.27. The highest BCUT2D eigenvalue weighted by atomic mass is 16.5. The predicted octanol–water partition coefficient (Wildman–Crippen LogP) is 4.23. The summed E-state index contributed by atoms with van der Waals surface area (Å²) < 4.78 is 7.90. The topological polar surface area (TPSA) is 86.1 Å². The molecule has 140 valence electrons. The van der Waals surface area contributed by atoms with E-state index >= 15 is 0 Å². The summed E-state index contributed by atoms with van der Waals surface area (Å²) in [4.78, 5) is 24.9. The van der Waals surface area contributed by atoms with Gasteiger partial charge < -0.3 is 14.6 Å². The molecule has 0 bridgehead atoms. The van der Waals surface area contributed by atoms with Gasteiger partial charge in [-0.05, 0) is 43.3 Å². The number of imidazole rings is 1. The fraction of sp³-hybridized carbons (Fsp3) is 0.0952. The summed E-state index contributed by atoms with van der Waals surface area (Å²) in [5, 5.41) is 3.36. The Labute approximate surface area is 161 Å². The van der Waals surface area contributed by atoms with Crippen molar-refractivity contribution in [2.45, 2.75) is 6.92 Å². The number of anilines is 2. The van der Waals surface area contributed by atoms with E-state index in [1.54, 1.807) is 12.4 Å². The van der Waals surface area contributed by atoms with Crippen molar-refractivity contribution in [1.82, 2.24) is 14.5 Å². The molecule has 0 radical (unpaired) electrons. The van der Waals surface area contributed by atoms with E-state index in [4.69, 9.17) is 14.3 Å². The van der Waals surface area contributed by atoms with Gasteiger partial charge in [0.15, 0.2) is 0 Å². The molecule has 0 aliphatic carbocycles. The smallest absolute Gasteiger partial charge is 0.373 e. The maximum Gasteiger partial charge on any atom is 0.373 e. The second kappa shape index (κ2) is 8.62. The Hall–Kier alpha value is -3.96. The Kier molecular flexibility index (Phi) is 5.79. The van der Waals surface area contributed by atoms with Gasteiger partial charge in [0.25, 0.3) is 0 Å². The first kappa shape index (κ1) is 18.8. The van der Waals surface area contributed by atoms with E-state index in [-0.39, 0.29) is 6.15 Å². The summed E-state index contributed by atoms with van der Waals surface area (Å²) in [7, 11) is 1.99. The van der Waals surface area contributed by atoms with E-state index < -0.39 is 0 Å². The number of carbonyl (C=O) groups excluding carboxylic acids is 2. The number of rotatable bonds is 4. The van der Waals surface area contributed by atoms with Crippen LogP contribution in [-0.4, -0.2) is 20.7 Å². The third kappa shape index (κ3) is 4.41. The second-order valence-electron chi connectivity index (χ2n) is 6.00. The zero-order chi connectivity index (χ0) is 19.9. The van der Waals surface area contributed by atoms with Crippen molar-refractivity contribution in [2.24, 2.45) is 7.05 Å². The lowest BCUT2D eigenvalue weighted by Crippen LogP contribution is -1.98. The van der Waals surface area contributed by atoms with Gasteiger partial charge in [0.05, 0.1) is 11.0 Å². The van der Waals surface area contributed by atoms with Crippen molar-refractivity contribution in [3.63, 3.8) is 0 Å². The van der Waals surface area contributed by atoms with Crippen LogP contribution in [0.2, 0.25) is 0 Å². The average Bonchev–Trinajstić information content (AvgIpc) is 3.00. The van der Waals surface area contributed by atoms with Gasteiger partial charge in [-0.25, -0.2) is 4.98 Å².